The minimum absolute atomic E-state index is 0.168. The van der Waals surface area contributed by atoms with Gasteiger partial charge in [-0.25, -0.2) is 19.9 Å². The van der Waals surface area contributed by atoms with Crippen LogP contribution in [0.4, 0.5) is 5.82 Å². The Morgan fingerprint density at radius 1 is 1.14 bits per heavy atom. The molecule has 2 fully saturated rings. The SMILES string of the molecule is Cc1nc(N2CCN(C)CC2)c2nc(-c3cccnc3Cl)n(C3CCOC3)c2n1. The number of ether oxygens (including phenoxy) is 1. The summed E-state index contributed by atoms with van der Waals surface area (Å²) >= 11 is 6.45. The van der Waals surface area contributed by atoms with E-state index in [4.69, 9.17) is 31.3 Å². The van der Waals surface area contributed by atoms with Crippen LogP contribution in [0.5, 0.6) is 0 Å². The van der Waals surface area contributed by atoms with Gasteiger partial charge in [-0.1, -0.05) is 11.6 Å². The smallest absolute Gasteiger partial charge is 0.166 e. The van der Waals surface area contributed by atoms with E-state index in [9.17, 15) is 0 Å². The van der Waals surface area contributed by atoms with Gasteiger partial charge >= 0.3 is 0 Å². The monoisotopic (exact) mass is 413 g/mol. The van der Waals surface area contributed by atoms with Gasteiger partial charge in [0, 0.05) is 39.0 Å². The Kier molecular flexibility index (Phi) is 4.85. The molecule has 2 aliphatic rings. The lowest BCUT2D eigenvalue weighted by molar-refractivity contribution is 0.187. The molecule has 1 unspecified atom stereocenters. The highest BCUT2D eigenvalue weighted by Crippen LogP contribution is 2.36. The van der Waals surface area contributed by atoms with Crippen molar-refractivity contribution in [3.8, 4) is 11.4 Å². The first-order valence-corrected chi connectivity index (χ1v) is 10.4. The van der Waals surface area contributed by atoms with Crippen molar-refractivity contribution in [3.63, 3.8) is 0 Å². The van der Waals surface area contributed by atoms with Gasteiger partial charge in [0.05, 0.1) is 18.2 Å². The molecule has 0 saturated carbocycles. The number of nitrogens with zero attached hydrogens (tertiary/aromatic N) is 7. The maximum atomic E-state index is 6.45. The molecular weight excluding hydrogens is 390 g/mol. The normalized spacial score (nSPS) is 20.7. The average Bonchev–Trinajstić information content (AvgIpc) is 3.36. The summed E-state index contributed by atoms with van der Waals surface area (Å²) in [7, 11) is 2.15. The topological polar surface area (TPSA) is 72.2 Å². The highest BCUT2D eigenvalue weighted by Gasteiger charge is 2.29. The van der Waals surface area contributed by atoms with Crippen LogP contribution in [0.1, 0.15) is 18.3 Å². The van der Waals surface area contributed by atoms with E-state index < -0.39 is 0 Å². The molecule has 0 N–H and O–H groups in total. The molecule has 5 rings (SSSR count). The van der Waals surface area contributed by atoms with Crippen LogP contribution in [0.3, 0.4) is 0 Å². The zero-order chi connectivity index (χ0) is 20.0. The van der Waals surface area contributed by atoms with Crippen molar-refractivity contribution < 1.29 is 4.74 Å². The second kappa shape index (κ2) is 7.51. The van der Waals surface area contributed by atoms with E-state index in [1.165, 1.54) is 0 Å². The summed E-state index contributed by atoms with van der Waals surface area (Å²) in [6.45, 7) is 7.17. The van der Waals surface area contributed by atoms with Gasteiger partial charge in [-0.05, 0) is 32.5 Å². The number of halogens is 1. The largest absolute Gasteiger partial charge is 0.379 e. The third kappa shape index (κ3) is 3.35. The summed E-state index contributed by atoms with van der Waals surface area (Å²) in [6.07, 6.45) is 2.61. The van der Waals surface area contributed by atoms with E-state index in [2.05, 4.69) is 26.4 Å². The molecule has 0 bridgehead atoms. The number of hydrogen-bond acceptors (Lipinski definition) is 7. The average molecular weight is 414 g/mol. The molecule has 0 amide bonds. The second-order valence-electron chi connectivity index (χ2n) is 7.72. The number of anilines is 1. The Bertz CT molecular complexity index is 1040. The highest BCUT2D eigenvalue weighted by atomic mass is 35.5. The number of piperazine rings is 1. The van der Waals surface area contributed by atoms with Crippen LogP contribution in [0.25, 0.3) is 22.6 Å². The van der Waals surface area contributed by atoms with Gasteiger partial charge < -0.3 is 19.1 Å². The number of hydrogen-bond donors (Lipinski definition) is 0. The fraction of sp³-hybridized carbons (Fsp3) is 0.500. The van der Waals surface area contributed by atoms with E-state index in [0.29, 0.717) is 11.8 Å². The van der Waals surface area contributed by atoms with E-state index in [-0.39, 0.29) is 6.04 Å². The van der Waals surface area contributed by atoms with Crippen molar-refractivity contribution in [3.05, 3.63) is 29.3 Å². The van der Waals surface area contributed by atoms with Gasteiger partial charge in [-0.2, -0.15) is 0 Å². The molecule has 0 radical (unpaired) electrons. The van der Waals surface area contributed by atoms with Gasteiger partial charge in [0.1, 0.15) is 16.8 Å². The molecule has 0 aromatic carbocycles. The van der Waals surface area contributed by atoms with Gasteiger partial charge in [-0.3, -0.25) is 0 Å². The highest BCUT2D eigenvalue weighted by molar-refractivity contribution is 6.32. The molecule has 29 heavy (non-hydrogen) atoms. The molecule has 1 atom stereocenters. The fourth-order valence-corrected chi connectivity index (χ4v) is 4.32. The van der Waals surface area contributed by atoms with Crippen molar-refractivity contribution in [2.75, 3.05) is 51.3 Å². The van der Waals surface area contributed by atoms with Gasteiger partial charge in [0.2, 0.25) is 0 Å². The quantitative estimate of drug-likeness (QED) is 0.611. The first kappa shape index (κ1) is 18.7. The Balaban J connectivity index is 1.73. The van der Waals surface area contributed by atoms with Gasteiger partial charge in [0.25, 0.3) is 0 Å². The summed E-state index contributed by atoms with van der Waals surface area (Å²) in [6, 6.07) is 4.01. The number of aryl methyl sites for hydroxylation is 1. The van der Waals surface area contributed by atoms with Crippen molar-refractivity contribution >= 4 is 28.6 Å². The molecular formula is C20H24ClN7O. The summed E-state index contributed by atoms with van der Waals surface area (Å²) < 4.78 is 7.86. The van der Waals surface area contributed by atoms with E-state index >= 15 is 0 Å². The Morgan fingerprint density at radius 3 is 2.69 bits per heavy atom. The maximum Gasteiger partial charge on any atom is 0.166 e. The lowest BCUT2D eigenvalue weighted by atomic mass is 10.2. The number of aromatic nitrogens is 5. The van der Waals surface area contributed by atoms with Crippen LogP contribution >= 0.6 is 11.6 Å². The first-order valence-electron chi connectivity index (χ1n) is 10.0. The van der Waals surface area contributed by atoms with E-state index in [0.717, 1.165) is 73.4 Å². The van der Waals surface area contributed by atoms with Crippen molar-refractivity contribution in [2.45, 2.75) is 19.4 Å². The number of imidazole rings is 1. The maximum absolute atomic E-state index is 6.45. The molecule has 152 valence electrons. The molecule has 3 aromatic rings. The standard InChI is InChI=1S/C20H24ClN7O/c1-13-23-19(27-9-7-26(2)8-10-27)16-20(24-13)28(14-5-11-29-12-14)18(25-16)15-4-3-6-22-17(15)21/h3-4,6,14H,5,7-12H2,1-2H3. The lowest BCUT2D eigenvalue weighted by Gasteiger charge is -2.33. The predicted octanol–water partition coefficient (Wildman–Crippen LogP) is 2.56. The van der Waals surface area contributed by atoms with E-state index in [1.54, 1.807) is 6.20 Å². The van der Waals surface area contributed by atoms with Crippen LogP contribution in [0.2, 0.25) is 5.15 Å². The van der Waals surface area contributed by atoms with Crippen LogP contribution in [0, 0.1) is 6.92 Å². The second-order valence-corrected chi connectivity index (χ2v) is 8.08. The zero-order valence-corrected chi connectivity index (χ0v) is 17.4. The minimum atomic E-state index is 0.168. The van der Waals surface area contributed by atoms with Crippen molar-refractivity contribution in [2.24, 2.45) is 0 Å². The fourth-order valence-electron chi connectivity index (χ4n) is 4.12. The Hall–Kier alpha value is -2.29. The number of fused-ring (bicyclic) bond motifs is 1. The number of rotatable bonds is 3. The van der Waals surface area contributed by atoms with Crippen molar-refractivity contribution in [1.29, 1.82) is 0 Å². The summed E-state index contributed by atoms with van der Waals surface area (Å²) in [5.41, 5.74) is 2.47. The summed E-state index contributed by atoms with van der Waals surface area (Å²) in [4.78, 5) is 23.5. The van der Waals surface area contributed by atoms with Crippen LogP contribution in [-0.4, -0.2) is 75.8 Å². The molecule has 5 heterocycles. The molecule has 0 aliphatic carbocycles. The van der Waals surface area contributed by atoms with Gasteiger partial charge in [-0.15, -0.1) is 0 Å². The third-order valence-electron chi connectivity index (χ3n) is 5.71. The molecule has 3 aromatic heterocycles. The van der Waals surface area contributed by atoms with Crippen LogP contribution < -0.4 is 4.90 Å². The van der Waals surface area contributed by atoms with E-state index in [1.807, 2.05) is 19.1 Å². The Labute approximate surface area is 174 Å². The molecule has 2 aliphatic heterocycles. The summed E-state index contributed by atoms with van der Waals surface area (Å²) in [5, 5.41) is 0.439. The lowest BCUT2D eigenvalue weighted by Crippen LogP contribution is -2.45. The first-order chi connectivity index (χ1) is 14.1. The number of pyridine rings is 1. The molecule has 2 saturated heterocycles. The van der Waals surface area contributed by atoms with Crippen LogP contribution in [-0.2, 0) is 4.74 Å². The molecule has 8 nitrogen and oxygen atoms in total. The summed E-state index contributed by atoms with van der Waals surface area (Å²) in [5.74, 6) is 2.43. The third-order valence-corrected chi connectivity index (χ3v) is 6.01. The minimum Gasteiger partial charge on any atom is -0.379 e. The number of likely N-dealkylation sites (N-methyl/N-ethyl adjacent to an activating group) is 1. The van der Waals surface area contributed by atoms with Gasteiger partial charge in [0.15, 0.2) is 17.0 Å². The predicted molar refractivity (Wildman–Crippen MR) is 112 cm³/mol. The van der Waals surface area contributed by atoms with Crippen molar-refractivity contribution in [1.82, 2.24) is 29.4 Å². The Morgan fingerprint density at radius 2 is 1.97 bits per heavy atom. The molecule has 0 spiro atoms. The zero-order valence-electron chi connectivity index (χ0n) is 16.7. The molecule has 9 heteroatoms. The van der Waals surface area contributed by atoms with Crippen LogP contribution in [0.15, 0.2) is 18.3 Å².